The number of aryl methyl sites for hydroxylation is 2. The van der Waals surface area contributed by atoms with E-state index in [0.717, 1.165) is 17.8 Å². The smallest absolute Gasteiger partial charge is 0.249 e. The second-order valence-electron chi connectivity index (χ2n) is 6.48. The second-order valence-corrected chi connectivity index (χ2v) is 6.48. The summed E-state index contributed by atoms with van der Waals surface area (Å²) in [4.78, 5) is 28.0. The molecule has 1 unspecified atom stereocenters. The molecule has 138 valence electrons. The molecule has 0 saturated carbocycles. The highest BCUT2D eigenvalue weighted by Crippen LogP contribution is 2.24. The number of carbonyl (C=O) groups excluding carboxylic acids is 1. The third kappa shape index (κ3) is 3.51. The Morgan fingerprint density at radius 1 is 1.30 bits per heavy atom. The van der Waals surface area contributed by atoms with Gasteiger partial charge >= 0.3 is 0 Å². The van der Waals surface area contributed by atoms with Crippen LogP contribution in [0.3, 0.4) is 0 Å². The fourth-order valence-electron chi connectivity index (χ4n) is 3.16. The van der Waals surface area contributed by atoms with Gasteiger partial charge in [-0.1, -0.05) is 13.0 Å². The van der Waals surface area contributed by atoms with Crippen molar-refractivity contribution in [1.82, 2.24) is 24.7 Å². The van der Waals surface area contributed by atoms with Crippen LogP contribution in [0.15, 0.2) is 42.9 Å². The Balaban J connectivity index is 1.56. The van der Waals surface area contributed by atoms with Crippen LogP contribution < -0.4 is 10.2 Å². The number of hydrogen-bond donors (Lipinski definition) is 1. The lowest BCUT2D eigenvalue weighted by atomic mass is 10.2. The number of nitrogens with one attached hydrogen (secondary N) is 1. The first-order valence-corrected chi connectivity index (χ1v) is 9.00. The summed E-state index contributed by atoms with van der Waals surface area (Å²) in [6.45, 7) is 2.69. The van der Waals surface area contributed by atoms with E-state index in [2.05, 4.69) is 25.4 Å². The first-order valence-electron chi connectivity index (χ1n) is 9.00. The number of nitrogens with zero attached hydrogens (tertiary/aromatic N) is 6. The SMILES string of the molecule is CCc1cc(NC2CCN(c3cnn(C)c3)C2=O)nc(-c2ccccn2)n1. The van der Waals surface area contributed by atoms with Crippen molar-refractivity contribution in [2.75, 3.05) is 16.8 Å². The number of anilines is 2. The molecular weight excluding hydrogens is 342 g/mol. The molecule has 1 amide bonds. The lowest BCUT2D eigenvalue weighted by Crippen LogP contribution is -2.33. The maximum atomic E-state index is 12.8. The minimum atomic E-state index is -0.318. The molecule has 1 N–H and O–H groups in total. The van der Waals surface area contributed by atoms with E-state index >= 15 is 0 Å². The molecule has 27 heavy (non-hydrogen) atoms. The van der Waals surface area contributed by atoms with E-state index in [9.17, 15) is 4.79 Å². The molecule has 1 saturated heterocycles. The van der Waals surface area contributed by atoms with Gasteiger partial charge < -0.3 is 10.2 Å². The van der Waals surface area contributed by atoms with Crippen molar-refractivity contribution in [2.24, 2.45) is 7.05 Å². The maximum absolute atomic E-state index is 12.8. The maximum Gasteiger partial charge on any atom is 0.249 e. The fourth-order valence-corrected chi connectivity index (χ4v) is 3.16. The predicted octanol–water partition coefficient (Wildman–Crippen LogP) is 2.05. The van der Waals surface area contributed by atoms with E-state index in [1.165, 1.54) is 0 Å². The molecule has 0 radical (unpaired) electrons. The van der Waals surface area contributed by atoms with Crippen LogP contribution in [0.1, 0.15) is 19.0 Å². The summed E-state index contributed by atoms with van der Waals surface area (Å²) < 4.78 is 1.69. The van der Waals surface area contributed by atoms with Crippen molar-refractivity contribution in [3.05, 3.63) is 48.5 Å². The van der Waals surface area contributed by atoms with Crippen molar-refractivity contribution >= 4 is 17.4 Å². The first kappa shape index (κ1) is 17.1. The Labute approximate surface area is 157 Å². The quantitative estimate of drug-likeness (QED) is 0.746. The molecule has 0 bridgehead atoms. The van der Waals surface area contributed by atoms with Gasteiger partial charge in [-0.15, -0.1) is 0 Å². The molecule has 1 aliphatic rings. The molecule has 0 aliphatic carbocycles. The summed E-state index contributed by atoms with van der Waals surface area (Å²) in [5.74, 6) is 1.24. The molecule has 1 fully saturated rings. The number of amides is 1. The molecular formula is C19H21N7O. The monoisotopic (exact) mass is 363 g/mol. The summed E-state index contributed by atoms with van der Waals surface area (Å²) in [6.07, 6.45) is 6.75. The lowest BCUT2D eigenvalue weighted by Gasteiger charge is -2.16. The zero-order chi connectivity index (χ0) is 18.8. The van der Waals surface area contributed by atoms with Crippen molar-refractivity contribution < 1.29 is 4.79 Å². The normalized spacial score (nSPS) is 16.7. The van der Waals surface area contributed by atoms with E-state index < -0.39 is 0 Å². The van der Waals surface area contributed by atoms with Gasteiger partial charge in [0, 0.05) is 37.7 Å². The summed E-state index contributed by atoms with van der Waals surface area (Å²) in [6, 6.07) is 7.22. The topological polar surface area (TPSA) is 88.8 Å². The van der Waals surface area contributed by atoms with Gasteiger partial charge in [-0.3, -0.25) is 14.5 Å². The number of carbonyl (C=O) groups is 1. The zero-order valence-electron chi connectivity index (χ0n) is 15.3. The Morgan fingerprint density at radius 3 is 2.89 bits per heavy atom. The van der Waals surface area contributed by atoms with E-state index in [4.69, 9.17) is 0 Å². The van der Waals surface area contributed by atoms with E-state index in [-0.39, 0.29) is 11.9 Å². The van der Waals surface area contributed by atoms with Crippen molar-refractivity contribution in [2.45, 2.75) is 25.8 Å². The third-order valence-corrected chi connectivity index (χ3v) is 4.57. The van der Waals surface area contributed by atoms with Gasteiger partial charge in [0.1, 0.15) is 17.6 Å². The van der Waals surface area contributed by atoms with Crippen molar-refractivity contribution in [3.8, 4) is 11.5 Å². The zero-order valence-corrected chi connectivity index (χ0v) is 15.3. The molecule has 1 aliphatic heterocycles. The summed E-state index contributed by atoms with van der Waals surface area (Å²) >= 11 is 0. The molecule has 1 atom stereocenters. The van der Waals surface area contributed by atoms with Gasteiger partial charge in [-0.2, -0.15) is 5.10 Å². The van der Waals surface area contributed by atoms with Crippen LogP contribution in [0.5, 0.6) is 0 Å². The van der Waals surface area contributed by atoms with Crippen LogP contribution in [0.2, 0.25) is 0 Å². The Kier molecular flexibility index (Phi) is 4.53. The number of rotatable bonds is 5. The van der Waals surface area contributed by atoms with Gasteiger partial charge in [0.2, 0.25) is 5.91 Å². The van der Waals surface area contributed by atoms with Gasteiger partial charge in [0.05, 0.1) is 11.9 Å². The number of pyridine rings is 1. The highest BCUT2D eigenvalue weighted by Gasteiger charge is 2.33. The van der Waals surface area contributed by atoms with Crippen LogP contribution in [-0.2, 0) is 18.3 Å². The molecule has 3 aromatic rings. The average molecular weight is 363 g/mol. The number of aromatic nitrogens is 5. The number of hydrogen-bond acceptors (Lipinski definition) is 6. The van der Waals surface area contributed by atoms with Crippen LogP contribution in [0.4, 0.5) is 11.5 Å². The van der Waals surface area contributed by atoms with Gasteiger partial charge in [0.15, 0.2) is 5.82 Å². The summed E-state index contributed by atoms with van der Waals surface area (Å²) in [5, 5.41) is 7.43. The molecule has 8 heteroatoms. The minimum absolute atomic E-state index is 0.0269. The lowest BCUT2D eigenvalue weighted by molar-refractivity contribution is -0.117. The molecule has 0 aromatic carbocycles. The largest absolute Gasteiger partial charge is 0.358 e. The highest BCUT2D eigenvalue weighted by molar-refractivity contribution is 6.00. The first-order chi connectivity index (χ1) is 13.1. The molecule has 4 heterocycles. The predicted molar refractivity (Wildman–Crippen MR) is 102 cm³/mol. The Bertz CT molecular complexity index is 954. The van der Waals surface area contributed by atoms with Gasteiger partial charge in [-0.25, -0.2) is 9.97 Å². The second kappa shape index (κ2) is 7.14. The van der Waals surface area contributed by atoms with E-state index in [1.54, 1.807) is 22.0 Å². The van der Waals surface area contributed by atoms with Crippen molar-refractivity contribution in [1.29, 1.82) is 0 Å². The van der Waals surface area contributed by atoms with Crippen molar-refractivity contribution in [3.63, 3.8) is 0 Å². The van der Waals surface area contributed by atoms with Crippen LogP contribution >= 0.6 is 0 Å². The highest BCUT2D eigenvalue weighted by atomic mass is 16.2. The van der Waals surface area contributed by atoms with Crippen LogP contribution in [-0.4, -0.2) is 43.2 Å². The minimum Gasteiger partial charge on any atom is -0.358 e. The summed E-state index contributed by atoms with van der Waals surface area (Å²) in [7, 11) is 1.84. The van der Waals surface area contributed by atoms with E-state index in [1.807, 2.05) is 44.4 Å². The van der Waals surface area contributed by atoms with Crippen LogP contribution in [0, 0.1) is 0 Å². The third-order valence-electron chi connectivity index (χ3n) is 4.57. The van der Waals surface area contributed by atoms with E-state index in [0.29, 0.717) is 30.3 Å². The summed E-state index contributed by atoms with van der Waals surface area (Å²) in [5.41, 5.74) is 2.44. The standard InChI is InChI=1S/C19H21N7O/c1-3-13-10-17(24-18(22-13)15-6-4-5-8-20-15)23-16-7-9-26(19(16)27)14-11-21-25(2)12-14/h4-6,8,10-12,16H,3,7,9H2,1-2H3,(H,22,23,24). The molecule has 0 spiro atoms. The van der Waals surface area contributed by atoms with Gasteiger partial charge in [-0.05, 0) is 25.0 Å². The Hall–Kier alpha value is -3.29. The average Bonchev–Trinajstić information content (AvgIpc) is 3.28. The molecule has 4 rings (SSSR count). The fraction of sp³-hybridized carbons (Fsp3) is 0.316. The van der Waals surface area contributed by atoms with Crippen LogP contribution in [0.25, 0.3) is 11.5 Å². The Morgan fingerprint density at radius 2 is 2.19 bits per heavy atom. The molecule has 8 nitrogen and oxygen atoms in total. The molecule has 3 aromatic heterocycles. The van der Waals surface area contributed by atoms with Gasteiger partial charge in [0.25, 0.3) is 0 Å².